The summed E-state index contributed by atoms with van der Waals surface area (Å²) in [6, 6.07) is 9.34. The van der Waals surface area contributed by atoms with E-state index in [1.54, 1.807) is 31.6 Å². The molecule has 1 aromatic carbocycles. The van der Waals surface area contributed by atoms with Crippen LogP contribution in [0.4, 0.5) is 0 Å². The van der Waals surface area contributed by atoms with Gasteiger partial charge in [0.05, 0.1) is 13.4 Å². The maximum absolute atomic E-state index is 12.1. The Hall–Kier alpha value is -2.82. The fourth-order valence-electron chi connectivity index (χ4n) is 2.45. The van der Waals surface area contributed by atoms with Crippen molar-refractivity contribution >= 4 is 17.8 Å². The quantitative estimate of drug-likeness (QED) is 0.881. The molecule has 0 saturated carbocycles. The average molecular weight is 310 g/mol. The van der Waals surface area contributed by atoms with Crippen LogP contribution < -0.4 is 10.1 Å². The number of furan rings is 1. The molecule has 0 bridgehead atoms. The molecule has 118 valence electrons. The van der Waals surface area contributed by atoms with Crippen molar-refractivity contribution in [3.05, 3.63) is 59.2 Å². The number of amides is 1. The zero-order valence-corrected chi connectivity index (χ0v) is 13.3. The lowest BCUT2D eigenvalue weighted by Gasteiger charge is -2.12. The number of methoxy groups -OCH3 is 1. The molecule has 1 amide bonds. The van der Waals surface area contributed by atoms with Gasteiger partial charge in [-0.1, -0.05) is 19.9 Å². The Labute approximate surface area is 134 Å². The van der Waals surface area contributed by atoms with Gasteiger partial charge in [-0.05, 0) is 47.4 Å². The lowest BCUT2D eigenvalue weighted by atomic mass is 9.99. The number of amidine groups is 1. The second kappa shape index (κ2) is 6.12. The molecule has 0 unspecified atom stereocenters. The lowest BCUT2D eigenvalue weighted by Crippen LogP contribution is -2.24. The van der Waals surface area contributed by atoms with Gasteiger partial charge in [-0.15, -0.1) is 0 Å². The zero-order valence-electron chi connectivity index (χ0n) is 13.3. The van der Waals surface area contributed by atoms with Crippen LogP contribution in [0.3, 0.4) is 0 Å². The number of aliphatic imine (C=N–C) groups is 1. The van der Waals surface area contributed by atoms with Crippen LogP contribution >= 0.6 is 0 Å². The van der Waals surface area contributed by atoms with Crippen LogP contribution in [0.15, 0.2) is 51.7 Å². The summed E-state index contributed by atoms with van der Waals surface area (Å²) in [6.45, 7) is 4.20. The predicted molar refractivity (Wildman–Crippen MR) is 88.4 cm³/mol. The summed E-state index contributed by atoms with van der Waals surface area (Å²) in [5.74, 6) is 1.90. The number of rotatable bonds is 4. The molecule has 23 heavy (non-hydrogen) atoms. The highest BCUT2D eigenvalue weighted by Crippen LogP contribution is 2.28. The van der Waals surface area contributed by atoms with Crippen LogP contribution in [0.1, 0.15) is 36.7 Å². The number of ether oxygens (including phenoxy) is 1. The van der Waals surface area contributed by atoms with Crippen LogP contribution in [-0.4, -0.2) is 18.9 Å². The SMILES string of the molecule is COc1ccc(/C=C2/N=C(c3ccco3)NC2=O)cc1C(C)C. The normalized spacial score (nSPS) is 15.9. The number of benzene rings is 1. The molecule has 2 aromatic rings. The van der Waals surface area contributed by atoms with Crippen LogP contribution in [0.5, 0.6) is 5.75 Å². The van der Waals surface area contributed by atoms with E-state index >= 15 is 0 Å². The Bertz CT molecular complexity index is 787. The third kappa shape index (κ3) is 3.04. The van der Waals surface area contributed by atoms with Gasteiger partial charge in [-0.2, -0.15) is 0 Å². The molecule has 0 radical (unpaired) electrons. The van der Waals surface area contributed by atoms with Crippen molar-refractivity contribution in [1.82, 2.24) is 5.32 Å². The summed E-state index contributed by atoms with van der Waals surface area (Å²) >= 11 is 0. The minimum absolute atomic E-state index is 0.238. The monoisotopic (exact) mass is 310 g/mol. The fourth-order valence-corrected chi connectivity index (χ4v) is 2.45. The largest absolute Gasteiger partial charge is 0.496 e. The summed E-state index contributed by atoms with van der Waals surface area (Å²) in [7, 11) is 1.66. The summed E-state index contributed by atoms with van der Waals surface area (Å²) in [5, 5.41) is 2.71. The Morgan fingerprint density at radius 1 is 1.30 bits per heavy atom. The summed E-state index contributed by atoms with van der Waals surface area (Å²) in [5.41, 5.74) is 2.36. The number of nitrogens with one attached hydrogen (secondary N) is 1. The summed E-state index contributed by atoms with van der Waals surface area (Å²) in [6.07, 6.45) is 3.31. The molecule has 5 heteroatoms. The van der Waals surface area contributed by atoms with Gasteiger partial charge < -0.3 is 14.5 Å². The van der Waals surface area contributed by atoms with Crippen molar-refractivity contribution in [3.8, 4) is 5.75 Å². The topological polar surface area (TPSA) is 63.8 Å². The van der Waals surface area contributed by atoms with E-state index in [-0.39, 0.29) is 5.91 Å². The van der Waals surface area contributed by atoms with Crippen molar-refractivity contribution in [2.45, 2.75) is 19.8 Å². The molecule has 3 rings (SSSR count). The second-order valence-corrected chi connectivity index (χ2v) is 5.58. The average Bonchev–Trinajstić information content (AvgIpc) is 3.17. The van der Waals surface area contributed by atoms with Crippen molar-refractivity contribution in [1.29, 1.82) is 0 Å². The Morgan fingerprint density at radius 2 is 2.13 bits per heavy atom. The fraction of sp³-hybridized carbons (Fsp3) is 0.222. The van der Waals surface area contributed by atoms with Crippen molar-refractivity contribution in [2.75, 3.05) is 7.11 Å². The third-order valence-corrected chi connectivity index (χ3v) is 3.63. The van der Waals surface area contributed by atoms with E-state index in [0.717, 1.165) is 16.9 Å². The molecular formula is C18H18N2O3. The molecule has 0 aliphatic carbocycles. The molecule has 1 N–H and O–H groups in total. The van der Waals surface area contributed by atoms with Crippen molar-refractivity contribution in [3.63, 3.8) is 0 Å². The first-order chi connectivity index (χ1) is 11.1. The first kappa shape index (κ1) is 15.1. The maximum Gasteiger partial charge on any atom is 0.275 e. The van der Waals surface area contributed by atoms with Gasteiger partial charge in [-0.25, -0.2) is 4.99 Å². The van der Waals surface area contributed by atoms with E-state index in [9.17, 15) is 4.79 Å². The number of carbonyl (C=O) groups is 1. The van der Waals surface area contributed by atoms with Gasteiger partial charge in [0.2, 0.25) is 0 Å². The van der Waals surface area contributed by atoms with Crippen LogP contribution in [0.25, 0.3) is 6.08 Å². The lowest BCUT2D eigenvalue weighted by molar-refractivity contribution is -0.115. The Morgan fingerprint density at radius 3 is 2.78 bits per heavy atom. The highest BCUT2D eigenvalue weighted by Gasteiger charge is 2.22. The highest BCUT2D eigenvalue weighted by molar-refractivity contribution is 6.18. The molecule has 5 nitrogen and oxygen atoms in total. The van der Waals surface area contributed by atoms with Crippen molar-refractivity contribution < 1.29 is 13.9 Å². The molecule has 0 saturated heterocycles. The Balaban J connectivity index is 1.95. The van der Waals surface area contributed by atoms with Gasteiger partial charge >= 0.3 is 0 Å². The zero-order chi connectivity index (χ0) is 16.4. The minimum atomic E-state index is -0.238. The van der Waals surface area contributed by atoms with E-state index in [4.69, 9.17) is 9.15 Å². The van der Waals surface area contributed by atoms with Gasteiger partial charge in [-0.3, -0.25) is 4.79 Å². The summed E-state index contributed by atoms with van der Waals surface area (Å²) < 4.78 is 10.6. The molecule has 1 aromatic heterocycles. The van der Waals surface area contributed by atoms with Gasteiger partial charge in [0, 0.05) is 0 Å². The smallest absolute Gasteiger partial charge is 0.275 e. The number of carbonyl (C=O) groups excluding carboxylic acids is 1. The molecule has 0 fully saturated rings. The standard InChI is InChI=1S/C18H18N2O3/c1-11(2)13-9-12(6-7-15(13)22-3)10-14-18(21)20-17(19-14)16-5-4-8-23-16/h4-11H,1-3H3,(H,19,20,21)/b14-10+. The second-order valence-electron chi connectivity index (χ2n) is 5.58. The van der Waals surface area contributed by atoms with E-state index in [0.29, 0.717) is 23.2 Å². The summed E-state index contributed by atoms with van der Waals surface area (Å²) in [4.78, 5) is 16.4. The van der Waals surface area contributed by atoms with E-state index < -0.39 is 0 Å². The van der Waals surface area contributed by atoms with E-state index in [1.165, 1.54) is 0 Å². The molecule has 1 aliphatic heterocycles. The molecule has 0 spiro atoms. The Kier molecular flexibility index (Phi) is 4.02. The van der Waals surface area contributed by atoms with Gasteiger partial charge in [0.1, 0.15) is 11.4 Å². The minimum Gasteiger partial charge on any atom is -0.496 e. The van der Waals surface area contributed by atoms with Crippen LogP contribution in [0, 0.1) is 0 Å². The highest BCUT2D eigenvalue weighted by atomic mass is 16.5. The molecular weight excluding hydrogens is 292 g/mol. The molecule has 1 aliphatic rings. The third-order valence-electron chi connectivity index (χ3n) is 3.63. The maximum atomic E-state index is 12.1. The van der Waals surface area contributed by atoms with Crippen LogP contribution in [0.2, 0.25) is 0 Å². The van der Waals surface area contributed by atoms with Gasteiger partial charge in [0.25, 0.3) is 5.91 Å². The first-order valence-electron chi connectivity index (χ1n) is 7.42. The number of nitrogens with zero attached hydrogens (tertiary/aromatic N) is 1. The predicted octanol–water partition coefficient (Wildman–Crippen LogP) is 3.33. The molecule has 2 heterocycles. The first-order valence-corrected chi connectivity index (χ1v) is 7.42. The van der Waals surface area contributed by atoms with E-state index in [2.05, 4.69) is 24.2 Å². The van der Waals surface area contributed by atoms with Crippen LogP contribution in [-0.2, 0) is 4.79 Å². The van der Waals surface area contributed by atoms with Crippen molar-refractivity contribution in [2.24, 2.45) is 4.99 Å². The number of hydrogen-bond acceptors (Lipinski definition) is 4. The number of hydrogen-bond donors (Lipinski definition) is 1. The van der Waals surface area contributed by atoms with Gasteiger partial charge in [0.15, 0.2) is 11.6 Å². The molecule has 0 atom stereocenters. The van der Waals surface area contributed by atoms with E-state index in [1.807, 2.05) is 18.2 Å².